The summed E-state index contributed by atoms with van der Waals surface area (Å²) in [7, 11) is -1.71. The molecule has 1 amide bonds. The number of nitrogens with one attached hydrogen (secondary N) is 1. The number of nitrogens with zero attached hydrogens (tertiary/aromatic N) is 3. The fourth-order valence-electron chi connectivity index (χ4n) is 4.28. The summed E-state index contributed by atoms with van der Waals surface area (Å²) in [5, 5.41) is 22.1. The van der Waals surface area contributed by atoms with Crippen molar-refractivity contribution in [2.24, 2.45) is 0 Å². The van der Waals surface area contributed by atoms with E-state index in [4.69, 9.17) is 14.2 Å². The van der Waals surface area contributed by atoms with Gasteiger partial charge in [0, 0.05) is 31.2 Å². The maximum Gasteiger partial charge on any atom is 0.412 e. The molecule has 2 heterocycles. The van der Waals surface area contributed by atoms with Crippen molar-refractivity contribution in [2.45, 2.75) is 69.9 Å². The van der Waals surface area contributed by atoms with Crippen molar-refractivity contribution in [1.82, 2.24) is 9.55 Å². The first-order valence-corrected chi connectivity index (χ1v) is 15.0. The molecule has 12 nitrogen and oxygen atoms in total. The number of aliphatic hydroxyl groups is 1. The Morgan fingerprint density at radius 3 is 2.54 bits per heavy atom. The molecule has 3 atom stereocenters. The topological polar surface area (TPSA) is 155 Å². The molecule has 0 spiro atoms. The molecule has 1 aromatic heterocycles. The number of hydrogen-bond donors (Lipinski definition) is 2. The Morgan fingerprint density at radius 2 is 2.00 bits per heavy atom. The normalized spacial score (nSPS) is 21.7. The van der Waals surface area contributed by atoms with Gasteiger partial charge in [-0.25, -0.2) is 9.59 Å². The number of amides is 1. The van der Waals surface area contributed by atoms with Gasteiger partial charge >= 0.3 is 11.8 Å². The first kappa shape index (κ1) is 28.4. The molecule has 0 bridgehead atoms. The predicted octanol–water partition coefficient (Wildman–Crippen LogP) is 2.59. The Morgan fingerprint density at radius 1 is 1.32 bits per heavy atom. The highest BCUT2D eigenvalue weighted by molar-refractivity contribution is 6.58. The molecule has 2 N–H and O–H groups in total. The molecule has 1 saturated heterocycles. The van der Waals surface area contributed by atoms with Crippen molar-refractivity contribution in [2.75, 3.05) is 18.5 Å². The SMILES string of the molecule is C[SiH](C)[C@]1(n2ccc(NC(=O)OCCc3ccc([N+](=O)[O-])cc3)nc2=O)C[C@H](OC(C)(C)C)[C@@H](CO)O1. The second kappa shape index (κ2) is 11.5. The standard InChI is InChI=1S/C24H34N4O8Si/c1-23(2,3)35-18-14-24(37(4)5,36-19(18)15-29)27-12-10-20(25-21(27)30)26-22(31)34-13-11-16-6-8-17(9-7-16)28(32)33/h6-10,12,18-19,29,37H,11,13-15H2,1-5H3,(H,25,26,30,31)/t18-,19+,24-/m0/s1. The number of nitro benzene ring substituents is 1. The summed E-state index contributed by atoms with van der Waals surface area (Å²) in [5.41, 5.74) is -0.296. The average Bonchev–Trinajstić information content (AvgIpc) is 3.17. The molecule has 0 aliphatic carbocycles. The first-order chi connectivity index (χ1) is 17.3. The molecule has 1 fully saturated rings. The molecule has 0 saturated carbocycles. The third kappa shape index (κ3) is 7.00. The summed E-state index contributed by atoms with van der Waals surface area (Å²) < 4.78 is 19.0. The van der Waals surface area contributed by atoms with Gasteiger partial charge in [0.25, 0.3) is 5.69 Å². The van der Waals surface area contributed by atoms with Crippen LogP contribution in [0.5, 0.6) is 0 Å². The van der Waals surface area contributed by atoms with Crippen molar-refractivity contribution in [3.05, 3.63) is 62.7 Å². The van der Waals surface area contributed by atoms with E-state index in [2.05, 4.69) is 23.4 Å². The van der Waals surface area contributed by atoms with Gasteiger partial charge in [0.2, 0.25) is 0 Å². The zero-order valence-corrected chi connectivity index (χ0v) is 22.8. The van der Waals surface area contributed by atoms with E-state index in [1.807, 2.05) is 20.8 Å². The molecule has 2 aromatic rings. The van der Waals surface area contributed by atoms with E-state index in [1.54, 1.807) is 12.1 Å². The largest absolute Gasteiger partial charge is 0.449 e. The molecular weight excluding hydrogens is 500 g/mol. The Labute approximate surface area is 216 Å². The van der Waals surface area contributed by atoms with Crippen LogP contribution in [0.15, 0.2) is 41.3 Å². The lowest BCUT2D eigenvalue weighted by Crippen LogP contribution is -2.51. The van der Waals surface area contributed by atoms with E-state index in [0.717, 1.165) is 5.56 Å². The molecule has 202 valence electrons. The highest BCUT2D eigenvalue weighted by atomic mass is 28.3. The summed E-state index contributed by atoms with van der Waals surface area (Å²) in [5.74, 6) is 0.0290. The second-order valence-electron chi connectivity index (χ2n) is 10.2. The van der Waals surface area contributed by atoms with Crippen LogP contribution in [0, 0.1) is 10.1 Å². The minimum Gasteiger partial charge on any atom is -0.449 e. The van der Waals surface area contributed by atoms with Crippen LogP contribution in [0.1, 0.15) is 32.8 Å². The van der Waals surface area contributed by atoms with Crippen molar-refractivity contribution in [3.63, 3.8) is 0 Å². The number of aromatic nitrogens is 2. The lowest BCUT2D eigenvalue weighted by atomic mass is 10.1. The molecule has 1 aliphatic heterocycles. The van der Waals surface area contributed by atoms with Gasteiger partial charge in [-0.1, -0.05) is 25.2 Å². The van der Waals surface area contributed by atoms with Crippen LogP contribution >= 0.6 is 0 Å². The maximum absolute atomic E-state index is 13.0. The van der Waals surface area contributed by atoms with Crippen LogP contribution in [0.2, 0.25) is 13.1 Å². The van der Waals surface area contributed by atoms with E-state index in [9.17, 15) is 24.8 Å². The van der Waals surface area contributed by atoms with Gasteiger partial charge in [0.05, 0.1) is 38.6 Å². The van der Waals surface area contributed by atoms with Gasteiger partial charge in [0.15, 0.2) is 0 Å². The maximum atomic E-state index is 13.0. The number of benzene rings is 1. The monoisotopic (exact) mass is 534 g/mol. The van der Waals surface area contributed by atoms with Crippen LogP contribution in [-0.4, -0.2) is 65.5 Å². The summed E-state index contributed by atoms with van der Waals surface area (Å²) >= 11 is 0. The molecular formula is C24H34N4O8Si. The number of anilines is 1. The Kier molecular flexibility index (Phi) is 8.84. The quantitative estimate of drug-likeness (QED) is 0.280. The molecule has 0 radical (unpaired) electrons. The number of aliphatic hydroxyl groups excluding tert-OH is 1. The van der Waals surface area contributed by atoms with Gasteiger partial charge in [0.1, 0.15) is 17.3 Å². The van der Waals surface area contributed by atoms with Crippen LogP contribution in [-0.2, 0) is 26.0 Å². The van der Waals surface area contributed by atoms with Crippen molar-refractivity contribution < 1.29 is 29.0 Å². The van der Waals surface area contributed by atoms with Crippen LogP contribution in [0.25, 0.3) is 0 Å². The van der Waals surface area contributed by atoms with Crippen LogP contribution < -0.4 is 11.0 Å². The van der Waals surface area contributed by atoms with Crippen molar-refractivity contribution >= 4 is 26.4 Å². The average molecular weight is 535 g/mol. The summed E-state index contributed by atoms with van der Waals surface area (Å²) in [6.45, 7) is 9.67. The van der Waals surface area contributed by atoms with Crippen LogP contribution in [0.4, 0.5) is 16.3 Å². The Bertz CT molecular complexity index is 1160. The minimum atomic E-state index is -1.71. The highest BCUT2D eigenvalue weighted by Gasteiger charge is 2.52. The smallest absolute Gasteiger partial charge is 0.412 e. The number of non-ortho nitro benzene ring substituents is 1. The van der Waals surface area contributed by atoms with Gasteiger partial charge < -0.3 is 19.3 Å². The van der Waals surface area contributed by atoms with E-state index >= 15 is 0 Å². The third-order valence-corrected chi connectivity index (χ3v) is 8.52. The zero-order chi connectivity index (χ0) is 27.4. The molecule has 37 heavy (non-hydrogen) atoms. The Hall–Kier alpha value is -3.13. The van der Waals surface area contributed by atoms with Crippen molar-refractivity contribution in [1.29, 1.82) is 0 Å². The lowest BCUT2D eigenvalue weighted by molar-refractivity contribution is -0.384. The molecule has 13 heteroatoms. The fraction of sp³-hybridized carbons (Fsp3) is 0.542. The third-order valence-electron chi connectivity index (χ3n) is 6.06. The lowest BCUT2D eigenvalue weighted by Gasteiger charge is -2.34. The van der Waals surface area contributed by atoms with Crippen molar-refractivity contribution in [3.8, 4) is 0 Å². The highest BCUT2D eigenvalue weighted by Crippen LogP contribution is 2.39. The minimum absolute atomic E-state index is 0.0164. The molecule has 1 aliphatic rings. The second-order valence-corrected chi connectivity index (χ2v) is 13.4. The number of carbonyl (C=O) groups is 1. The van der Waals surface area contributed by atoms with Gasteiger partial charge in [-0.3, -0.25) is 20.0 Å². The van der Waals surface area contributed by atoms with E-state index in [0.29, 0.717) is 12.8 Å². The first-order valence-electron chi connectivity index (χ1n) is 12.1. The van der Waals surface area contributed by atoms with Gasteiger partial charge in [-0.2, -0.15) is 4.98 Å². The summed E-state index contributed by atoms with van der Waals surface area (Å²) in [6.07, 6.45) is 0.542. The van der Waals surface area contributed by atoms with Gasteiger partial charge in [-0.15, -0.1) is 0 Å². The summed E-state index contributed by atoms with van der Waals surface area (Å²) in [4.78, 5) is 39.5. The zero-order valence-electron chi connectivity index (χ0n) is 21.7. The van der Waals surface area contributed by atoms with E-state index < -0.39 is 48.7 Å². The van der Waals surface area contributed by atoms with Gasteiger partial charge in [-0.05, 0) is 32.4 Å². The van der Waals surface area contributed by atoms with E-state index in [1.165, 1.54) is 29.0 Å². The number of nitro groups is 1. The van der Waals surface area contributed by atoms with E-state index in [-0.39, 0.29) is 24.7 Å². The molecule has 3 rings (SSSR count). The number of rotatable bonds is 9. The number of hydrogen-bond acceptors (Lipinski definition) is 9. The number of carbonyl (C=O) groups excluding carboxylic acids is 1. The molecule has 0 unspecified atom stereocenters. The predicted molar refractivity (Wildman–Crippen MR) is 138 cm³/mol. The van der Waals surface area contributed by atoms with Crippen LogP contribution in [0.3, 0.4) is 0 Å². The fourth-order valence-corrected chi connectivity index (χ4v) is 6.19. The Balaban J connectivity index is 1.66. The number of ether oxygens (including phenoxy) is 3. The molecule has 1 aromatic carbocycles. The summed E-state index contributed by atoms with van der Waals surface area (Å²) in [6, 6.07) is 7.45.